The molecular weight excluding hydrogens is 229 g/mol. The Kier molecular flexibility index (Phi) is 3.17. The van der Waals surface area contributed by atoms with Crippen molar-refractivity contribution in [2.75, 3.05) is 0 Å². The van der Waals surface area contributed by atoms with Crippen molar-refractivity contribution in [2.45, 2.75) is 6.10 Å². The molecule has 0 radical (unpaired) electrons. The van der Waals surface area contributed by atoms with Crippen molar-refractivity contribution >= 4 is 11.6 Å². The van der Waals surface area contributed by atoms with Gasteiger partial charge in [-0.05, 0) is 24.3 Å². The molecule has 0 aliphatic rings. The topological polar surface area (TPSA) is 33.1 Å². The minimum absolute atomic E-state index is 0.331. The normalized spacial score (nSPS) is 12.4. The molecule has 0 spiro atoms. The zero-order chi connectivity index (χ0) is 11.5. The Morgan fingerprint density at radius 2 is 2.12 bits per heavy atom. The predicted molar refractivity (Wildman–Crippen MR) is 59.7 cm³/mol. The van der Waals surface area contributed by atoms with E-state index in [1.807, 2.05) is 0 Å². The fourth-order valence-corrected chi connectivity index (χ4v) is 1.66. The van der Waals surface area contributed by atoms with Crippen LogP contribution in [0.3, 0.4) is 0 Å². The lowest BCUT2D eigenvalue weighted by molar-refractivity contribution is 0.219. The van der Waals surface area contributed by atoms with Gasteiger partial charge >= 0.3 is 0 Å². The highest BCUT2D eigenvalue weighted by Crippen LogP contribution is 2.28. The standard InChI is InChI=1S/C12H9ClFNO/c13-11-4-3-9(14)6-10(11)12(16)8-2-1-5-15-7-8/h1-7,12,16H. The maximum absolute atomic E-state index is 13.0. The van der Waals surface area contributed by atoms with E-state index in [1.54, 1.807) is 18.3 Å². The van der Waals surface area contributed by atoms with Crippen molar-refractivity contribution in [3.05, 3.63) is 64.7 Å². The van der Waals surface area contributed by atoms with Crippen molar-refractivity contribution in [2.24, 2.45) is 0 Å². The molecule has 1 N–H and O–H groups in total. The summed E-state index contributed by atoms with van der Waals surface area (Å²) >= 11 is 5.89. The van der Waals surface area contributed by atoms with Crippen LogP contribution in [0.4, 0.5) is 4.39 Å². The lowest BCUT2D eigenvalue weighted by Crippen LogP contribution is -2.01. The fraction of sp³-hybridized carbons (Fsp3) is 0.0833. The molecule has 0 fully saturated rings. The van der Waals surface area contributed by atoms with Crippen LogP contribution in [0.15, 0.2) is 42.7 Å². The van der Waals surface area contributed by atoms with Gasteiger partial charge in [0, 0.05) is 28.5 Å². The van der Waals surface area contributed by atoms with E-state index in [2.05, 4.69) is 4.98 Å². The van der Waals surface area contributed by atoms with Crippen LogP contribution in [-0.4, -0.2) is 10.1 Å². The average molecular weight is 238 g/mol. The summed E-state index contributed by atoms with van der Waals surface area (Å²) in [6, 6.07) is 7.30. The molecule has 0 aliphatic heterocycles. The van der Waals surface area contributed by atoms with Crippen LogP contribution in [-0.2, 0) is 0 Å². The maximum atomic E-state index is 13.0. The van der Waals surface area contributed by atoms with Gasteiger partial charge < -0.3 is 5.11 Å². The molecule has 2 nitrogen and oxygen atoms in total. The van der Waals surface area contributed by atoms with E-state index in [4.69, 9.17) is 11.6 Å². The first kappa shape index (κ1) is 11.0. The highest BCUT2D eigenvalue weighted by atomic mass is 35.5. The van der Waals surface area contributed by atoms with Gasteiger partial charge in [-0.2, -0.15) is 0 Å². The summed E-state index contributed by atoms with van der Waals surface area (Å²) in [5.41, 5.74) is 0.921. The van der Waals surface area contributed by atoms with Gasteiger partial charge in [-0.1, -0.05) is 17.7 Å². The minimum atomic E-state index is -0.961. The summed E-state index contributed by atoms with van der Waals surface area (Å²) in [4.78, 5) is 3.89. The summed E-state index contributed by atoms with van der Waals surface area (Å²) in [7, 11) is 0. The zero-order valence-corrected chi connectivity index (χ0v) is 9.03. The fourth-order valence-electron chi connectivity index (χ4n) is 1.44. The van der Waals surface area contributed by atoms with Crippen LogP contribution in [0.5, 0.6) is 0 Å². The summed E-state index contributed by atoms with van der Waals surface area (Å²) in [6.45, 7) is 0. The van der Waals surface area contributed by atoms with E-state index in [9.17, 15) is 9.50 Å². The number of benzene rings is 1. The molecule has 1 aromatic heterocycles. The number of aliphatic hydroxyl groups excluding tert-OH is 1. The number of nitrogens with zero attached hydrogens (tertiary/aromatic N) is 1. The third kappa shape index (κ3) is 2.21. The molecule has 0 saturated carbocycles. The predicted octanol–water partition coefficient (Wildman–Crippen LogP) is 2.96. The Morgan fingerprint density at radius 1 is 1.31 bits per heavy atom. The third-order valence-electron chi connectivity index (χ3n) is 2.25. The number of aliphatic hydroxyl groups is 1. The summed E-state index contributed by atoms with van der Waals surface area (Å²) < 4.78 is 13.0. The Balaban J connectivity index is 2.41. The van der Waals surface area contributed by atoms with Crippen molar-refractivity contribution in [3.8, 4) is 0 Å². The highest BCUT2D eigenvalue weighted by Gasteiger charge is 2.14. The van der Waals surface area contributed by atoms with E-state index in [-0.39, 0.29) is 0 Å². The van der Waals surface area contributed by atoms with Crippen molar-refractivity contribution < 1.29 is 9.50 Å². The third-order valence-corrected chi connectivity index (χ3v) is 2.60. The average Bonchev–Trinajstić information content (AvgIpc) is 2.32. The molecule has 4 heteroatoms. The molecule has 1 atom stereocenters. The lowest BCUT2D eigenvalue weighted by atomic mass is 10.0. The number of rotatable bonds is 2. The Bertz CT molecular complexity index is 490. The quantitative estimate of drug-likeness (QED) is 0.871. The summed E-state index contributed by atoms with van der Waals surface area (Å²) in [5.74, 6) is -0.428. The van der Waals surface area contributed by atoms with Crippen molar-refractivity contribution in [3.63, 3.8) is 0 Å². The Morgan fingerprint density at radius 3 is 2.81 bits per heavy atom. The van der Waals surface area contributed by atoms with Crippen molar-refractivity contribution in [1.82, 2.24) is 4.98 Å². The molecule has 16 heavy (non-hydrogen) atoms. The second-order valence-electron chi connectivity index (χ2n) is 3.35. The van der Waals surface area contributed by atoms with Gasteiger partial charge in [-0.15, -0.1) is 0 Å². The Labute approximate surface area is 97.3 Å². The molecule has 82 valence electrons. The first-order valence-corrected chi connectivity index (χ1v) is 5.09. The van der Waals surface area contributed by atoms with E-state index in [0.29, 0.717) is 16.1 Å². The summed E-state index contributed by atoms with van der Waals surface area (Å²) in [6.07, 6.45) is 2.16. The van der Waals surface area contributed by atoms with Gasteiger partial charge in [0.2, 0.25) is 0 Å². The smallest absolute Gasteiger partial charge is 0.123 e. The van der Waals surface area contributed by atoms with Gasteiger partial charge in [-0.3, -0.25) is 4.98 Å². The highest BCUT2D eigenvalue weighted by molar-refractivity contribution is 6.31. The van der Waals surface area contributed by atoms with Gasteiger partial charge in [0.15, 0.2) is 0 Å². The largest absolute Gasteiger partial charge is 0.384 e. The first-order valence-electron chi connectivity index (χ1n) is 4.71. The molecule has 0 amide bonds. The Hall–Kier alpha value is -1.45. The molecule has 1 unspecified atom stereocenters. The van der Waals surface area contributed by atoms with Gasteiger partial charge in [-0.25, -0.2) is 4.39 Å². The van der Waals surface area contributed by atoms with Crippen LogP contribution in [0.2, 0.25) is 5.02 Å². The molecule has 1 aromatic carbocycles. The maximum Gasteiger partial charge on any atom is 0.123 e. The molecule has 2 aromatic rings. The van der Waals surface area contributed by atoms with E-state index in [1.165, 1.54) is 24.4 Å². The molecule has 0 aliphatic carbocycles. The molecule has 1 heterocycles. The zero-order valence-electron chi connectivity index (χ0n) is 8.27. The lowest BCUT2D eigenvalue weighted by Gasteiger charge is -2.12. The number of hydrogen-bond donors (Lipinski definition) is 1. The molecule has 0 bridgehead atoms. The van der Waals surface area contributed by atoms with E-state index < -0.39 is 11.9 Å². The number of aromatic nitrogens is 1. The number of pyridine rings is 1. The van der Waals surface area contributed by atoms with Crippen LogP contribution in [0, 0.1) is 5.82 Å². The SMILES string of the molecule is OC(c1cccnc1)c1cc(F)ccc1Cl. The number of hydrogen-bond acceptors (Lipinski definition) is 2. The number of halogens is 2. The van der Waals surface area contributed by atoms with Crippen LogP contribution < -0.4 is 0 Å². The molecular formula is C12H9ClFNO. The second kappa shape index (κ2) is 4.60. The summed E-state index contributed by atoms with van der Waals surface area (Å²) in [5, 5.41) is 10.3. The minimum Gasteiger partial charge on any atom is -0.384 e. The molecule has 2 rings (SSSR count). The monoisotopic (exact) mass is 237 g/mol. The first-order chi connectivity index (χ1) is 7.68. The molecule has 0 saturated heterocycles. The van der Waals surface area contributed by atoms with Crippen LogP contribution in [0.1, 0.15) is 17.2 Å². The van der Waals surface area contributed by atoms with Gasteiger partial charge in [0.05, 0.1) is 0 Å². The van der Waals surface area contributed by atoms with Crippen LogP contribution >= 0.6 is 11.6 Å². The second-order valence-corrected chi connectivity index (χ2v) is 3.76. The van der Waals surface area contributed by atoms with Crippen molar-refractivity contribution in [1.29, 1.82) is 0 Å². The van der Waals surface area contributed by atoms with E-state index in [0.717, 1.165) is 0 Å². The van der Waals surface area contributed by atoms with Gasteiger partial charge in [0.25, 0.3) is 0 Å². The van der Waals surface area contributed by atoms with E-state index >= 15 is 0 Å². The van der Waals surface area contributed by atoms with Crippen LogP contribution in [0.25, 0.3) is 0 Å². The van der Waals surface area contributed by atoms with Gasteiger partial charge in [0.1, 0.15) is 11.9 Å².